The van der Waals surface area contributed by atoms with Crippen molar-refractivity contribution in [2.24, 2.45) is 0 Å². The lowest BCUT2D eigenvalue weighted by molar-refractivity contribution is 0.102. The number of nitrogens with one attached hydrogen (secondary N) is 1. The average molecular weight is 324 g/mol. The highest BCUT2D eigenvalue weighted by Crippen LogP contribution is 2.27. The molecular weight excluding hydrogens is 307 g/mol. The van der Waals surface area contributed by atoms with Gasteiger partial charge in [-0.25, -0.2) is 4.39 Å². The van der Waals surface area contributed by atoms with E-state index in [1.54, 1.807) is 19.1 Å². The topological polar surface area (TPSA) is 55.1 Å². The molecule has 2 aromatic carbocycles. The zero-order valence-electron chi connectivity index (χ0n) is 13.5. The molecule has 0 atom stereocenters. The van der Waals surface area contributed by atoms with Gasteiger partial charge in [0.05, 0.1) is 0 Å². The van der Waals surface area contributed by atoms with Crippen LogP contribution in [0, 0.1) is 12.7 Å². The van der Waals surface area contributed by atoms with Crippen molar-refractivity contribution in [1.29, 1.82) is 0 Å². The molecule has 1 N–H and O–H groups in total. The standard InChI is InChI=1S/C19H17FN2O2/c1-3-13-6-4-5-7-16(13)21-19(23)17-12(2)24-22-18(17)14-8-10-15(20)11-9-14/h4-11H,3H2,1-2H3,(H,21,23). The molecule has 5 heteroatoms. The van der Waals surface area contributed by atoms with E-state index in [0.29, 0.717) is 22.6 Å². The van der Waals surface area contributed by atoms with Gasteiger partial charge in [-0.05, 0) is 49.2 Å². The first kappa shape index (κ1) is 15.9. The van der Waals surface area contributed by atoms with Crippen LogP contribution in [0.4, 0.5) is 10.1 Å². The van der Waals surface area contributed by atoms with Crippen LogP contribution in [0.2, 0.25) is 0 Å². The van der Waals surface area contributed by atoms with Crippen LogP contribution in [-0.2, 0) is 6.42 Å². The van der Waals surface area contributed by atoms with Crippen molar-refractivity contribution in [1.82, 2.24) is 5.16 Å². The largest absolute Gasteiger partial charge is 0.360 e. The van der Waals surface area contributed by atoms with E-state index in [1.807, 2.05) is 31.2 Å². The fraction of sp³-hybridized carbons (Fsp3) is 0.158. The summed E-state index contributed by atoms with van der Waals surface area (Å²) in [5, 5.41) is 6.88. The number of hydrogen-bond acceptors (Lipinski definition) is 3. The maximum Gasteiger partial charge on any atom is 0.261 e. The second-order valence-corrected chi connectivity index (χ2v) is 5.43. The number of nitrogens with zero attached hydrogens (tertiary/aromatic N) is 1. The van der Waals surface area contributed by atoms with Gasteiger partial charge in [0.1, 0.15) is 22.8 Å². The Bertz CT molecular complexity index is 869. The van der Waals surface area contributed by atoms with Gasteiger partial charge < -0.3 is 9.84 Å². The lowest BCUT2D eigenvalue weighted by Gasteiger charge is -2.10. The van der Waals surface area contributed by atoms with Crippen molar-refractivity contribution >= 4 is 11.6 Å². The summed E-state index contributed by atoms with van der Waals surface area (Å²) in [6, 6.07) is 13.4. The van der Waals surface area contributed by atoms with Gasteiger partial charge in [0.2, 0.25) is 0 Å². The predicted octanol–water partition coefficient (Wildman–Crippen LogP) is 4.60. The van der Waals surface area contributed by atoms with E-state index >= 15 is 0 Å². The lowest BCUT2D eigenvalue weighted by atomic mass is 10.0. The van der Waals surface area contributed by atoms with Crippen LogP contribution in [0.3, 0.4) is 0 Å². The summed E-state index contributed by atoms with van der Waals surface area (Å²) in [7, 11) is 0. The fourth-order valence-corrected chi connectivity index (χ4v) is 2.58. The average Bonchev–Trinajstić information content (AvgIpc) is 2.97. The van der Waals surface area contributed by atoms with Crippen molar-refractivity contribution < 1.29 is 13.7 Å². The first-order valence-electron chi connectivity index (χ1n) is 7.71. The van der Waals surface area contributed by atoms with E-state index in [0.717, 1.165) is 17.7 Å². The van der Waals surface area contributed by atoms with Gasteiger partial charge in [-0.2, -0.15) is 0 Å². The Hall–Kier alpha value is -2.95. The minimum Gasteiger partial charge on any atom is -0.360 e. The van der Waals surface area contributed by atoms with Crippen molar-refractivity contribution in [2.45, 2.75) is 20.3 Å². The Morgan fingerprint density at radius 1 is 1.17 bits per heavy atom. The number of carbonyl (C=O) groups is 1. The summed E-state index contributed by atoms with van der Waals surface area (Å²) < 4.78 is 18.3. The van der Waals surface area contributed by atoms with Crippen molar-refractivity contribution in [3.63, 3.8) is 0 Å². The molecule has 0 aliphatic carbocycles. The van der Waals surface area contributed by atoms with Gasteiger partial charge >= 0.3 is 0 Å². The third-order valence-electron chi connectivity index (χ3n) is 3.85. The maximum atomic E-state index is 13.1. The van der Waals surface area contributed by atoms with Gasteiger partial charge in [0, 0.05) is 11.3 Å². The van der Waals surface area contributed by atoms with Crippen molar-refractivity contribution in [2.75, 3.05) is 5.32 Å². The monoisotopic (exact) mass is 324 g/mol. The number of hydrogen-bond donors (Lipinski definition) is 1. The van der Waals surface area contributed by atoms with Gasteiger partial charge in [-0.3, -0.25) is 4.79 Å². The molecule has 0 fully saturated rings. The molecule has 1 aromatic heterocycles. The lowest BCUT2D eigenvalue weighted by Crippen LogP contribution is -2.14. The van der Waals surface area contributed by atoms with Gasteiger partial charge in [0.15, 0.2) is 0 Å². The van der Waals surface area contributed by atoms with E-state index in [2.05, 4.69) is 10.5 Å². The molecule has 0 unspecified atom stereocenters. The summed E-state index contributed by atoms with van der Waals surface area (Å²) in [6.07, 6.45) is 0.809. The van der Waals surface area contributed by atoms with Crippen LogP contribution < -0.4 is 5.32 Å². The van der Waals surface area contributed by atoms with Crippen molar-refractivity contribution in [3.05, 3.63) is 71.2 Å². The molecule has 0 saturated heterocycles. The molecule has 0 spiro atoms. The van der Waals surface area contributed by atoms with E-state index in [9.17, 15) is 9.18 Å². The first-order chi connectivity index (χ1) is 11.6. The number of para-hydroxylation sites is 1. The zero-order chi connectivity index (χ0) is 17.1. The molecule has 122 valence electrons. The van der Waals surface area contributed by atoms with E-state index in [1.165, 1.54) is 12.1 Å². The normalized spacial score (nSPS) is 10.6. The predicted molar refractivity (Wildman–Crippen MR) is 90.4 cm³/mol. The summed E-state index contributed by atoms with van der Waals surface area (Å²) >= 11 is 0. The highest BCUT2D eigenvalue weighted by Gasteiger charge is 2.22. The van der Waals surface area contributed by atoms with E-state index in [4.69, 9.17) is 4.52 Å². The first-order valence-corrected chi connectivity index (χ1v) is 7.71. The number of aromatic nitrogens is 1. The molecule has 4 nitrogen and oxygen atoms in total. The molecule has 0 saturated carbocycles. The maximum absolute atomic E-state index is 13.1. The van der Waals surface area contributed by atoms with Crippen LogP contribution in [0.25, 0.3) is 11.3 Å². The highest BCUT2D eigenvalue weighted by molar-refractivity contribution is 6.09. The molecule has 24 heavy (non-hydrogen) atoms. The smallest absolute Gasteiger partial charge is 0.261 e. The molecule has 3 rings (SSSR count). The second-order valence-electron chi connectivity index (χ2n) is 5.43. The number of aryl methyl sites for hydroxylation is 2. The summed E-state index contributed by atoms with van der Waals surface area (Å²) in [5.41, 5.74) is 3.19. The Morgan fingerprint density at radius 3 is 2.58 bits per heavy atom. The second kappa shape index (κ2) is 6.66. The number of anilines is 1. The van der Waals surface area contributed by atoms with Crippen LogP contribution in [0.5, 0.6) is 0 Å². The van der Waals surface area contributed by atoms with Gasteiger partial charge in [0.25, 0.3) is 5.91 Å². The molecule has 3 aromatic rings. The third-order valence-corrected chi connectivity index (χ3v) is 3.85. The summed E-state index contributed by atoms with van der Waals surface area (Å²) in [6.45, 7) is 3.71. The Balaban J connectivity index is 1.96. The van der Waals surface area contributed by atoms with Crippen molar-refractivity contribution in [3.8, 4) is 11.3 Å². The molecule has 1 heterocycles. The summed E-state index contributed by atoms with van der Waals surface area (Å²) in [4.78, 5) is 12.7. The van der Waals surface area contributed by atoms with E-state index < -0.39 is 0 Å². The SMILES string of the molecule is CCc1ccccc1NC(=O)c1c(-c2ccc(F)cc2)noc1C. The number of halogens is 1. The number of rotatable bonds is 4. The Kier molecular flexibility index (Phi) is 4.42. The molecule has 0 aliphatic rings. The molecule has 1 amide bonds. The minimum atomic E-state index is -0.346. The van der Waals surface area contributed by atoms with Crippen LogP contribution in [0.15, 0.2) is 53.1 Å². The molecular formula is C19H17FN2O2. The number of benzene rings is 2. The van der Waals surface area contributed by atoms with E-state index in [-0.39, 0.29) is 11.7 Å². The molecule has 0 aliphatic heterocycles. The fourth-order valence-electron chi connectivity index (χ4n) is 2.58. The number of carbonyl (C=O) groups excluding carboxylic acids is 1. The number of amides is 1. The van der Waals surface area contributed by atoms with Gasteiger partial charge in [-0.15, -0.1) is 0 Å². The Labute approximate surface area is 139 Å². The van der Waals surface area contributed by atoms with Crippen LogP contribution in [-0.4, -0.2) is 11.1 Å². The quantitative estimate of drug-likeness (QED) is 0.763. The van der Waals surface area contributed by atoms with Crippen LogP contribution in [0.1, 0.15) is 28.6 Å². The zero-order valence-corrected chi connectivity index (χ0v) is 13.5. The molecule has 0 bridgehead atoms. The minimum absolute atomic E-state index is 0.297. The van der Waals surface area contributed by atoms with Crippen LogP contribution >= 0.6 is 0 Å². The molecule has 0 radical (unpaired) electrons. The highest BCUT2D eigenvalue weighted by atomic mass is 19.1. The summed E-state index contributed by atoms with van der Waals surface area (Å²) in [5.74, 6) is -0.225. The Morgan fingerprint density at radius 2 is 1.88 bits per heavy atom. The third kappa shape index (κ3) is 3.06. The van der Waals surface area contributed by atoms with Gasteiger partial charge in [-0.1, -0.05) is 30.3 Å².